The average molecular weight is 266 g/mol. The minimum atomic E-state index is -0.123. The quantitative estimate of drug-likeness (QED) is 0.759. The summed E-state index contributed by atoms with van der Waals surface area (Å²) < 4.78 is 5.89. The average Bonchev–Trinajstić information content (AvgIpc) is 2.71. The number of Topliss-reactive ketones (excluding diaryl/α,β-unsaturated/α-hetero) is 1. The summed E-state index contributed by atoms with van der Waals surface area (Å²) in [6.45, 7) is 5.80. The van der Waals surface area contributed by atoms with E-state index in [9.17, 15) is 4.79 Å². The lowest BCUT2D eigenvalue weighted by atomic mass is 9.96. The molecule has 1 aliphatic rings. The zero-order valence-corrected chi connectivity index (χ0v) is 12.1. The van der Waals surface area contributed by atoms with Gasteiger partial charge in [-0.2, -0.15) is 0 Å². The van der Waals surface area contributed by atoms with Crippen LogP contribution in [-0.4, -0.2) is 11.4 Å². The molecule has 0 spiro atoms. The van der Waals surface area contributed by atoms with Gasteiger partial charge in [-0.15, -0.1) is 0 Å². The van der Waals surface area contributed by atoms with Crippen LogP contribution >= 0.6 is 0 Å². The third kappa shape index (κ3) is 2.34. The van der Waals surface area contributed by atoms with Gasteiger partial charge in [-0.25, -0.2) is 0 Å². The van der Waals surface area contributed by atoms with Gasteiger partial charge in [0.05, 0.1) is 0 Å². The molecule has 1 heterocycles. The molecular formula is C18H18O2. The van der Waals surface area contributed by atoms with Gasteiger partial charge in [-0.05, 0) is 55.7 Å². The summed E-state index contributed by atoms with van der Waals surface area (Å²) in [5.41, 5.74) is 4.07. The van der Waals surface area contributed by atoms with Crippen LogP contribution in [0.25, 0.3) is 11.1 Å². The van der Waals surface area contributed by atoms with Crippen molar-refractivity contribution in [3.8, 4) is 16.9 Å². The van der Waals surface area contributed by atoms with E-state index in [1.165, 1.54) is 5.56 Å². The molecule has 0 amide bonds. The fourth-order valence-corrected chi connectivity index (χ4v) is 2.71. The highest BCUT2D eigenvalue weighted by atomic mass is 16.5. The van der Waals surface area contributed by atoms with E-state index in [-0.39, 0.29) is 11.4 Å². The zero-order chi connectivity index (χ0) is 14.3. The van der Waals surface area contributed by atoms with Crippen LogP contribution in [0.1, 0.15) is 36.7 Å². The molecule has 1 aliphatic heterocycles. The number of hydrogen-bond donors (Lipinski definition) is 0. The molecule has 0 bridgehead atoms. The maximum Gasteiger partial charge on any atom is 0.159 e. The Balaban J connectivity index is 2.01. The number of carbonyl (C=O) groups excluding carboxylic acids is 1. The molecule has 0 saturated heterocycles. The van der Waals surface area contributed by atoms with Crippen LogP contribution in [0, 0.1) is 0 Å². The van der Waals surface area contributed by atoms with Crippen LogP contribution in [0.2, 0.25) is 0 Å². The first-order valence-electron chi connectivity index (χ1n) is 6.88. The molecule has 2 aromatic rings. The number of fused-ring (bicyclic) bond motifs is 1. The highest BCUT2D eigenvalue weighted by Gasteiger charge is 2.29. The van der Waals surface area contributed by atoms with Crippen molar-refractivity contribution in [1.82, 2.24) is 0 Å². The lowest BCUT2D eigenvalue weighted by Gasteiger charge is -2.16. The Morgan fingerprint density at radius 3 is 2.60 bits per heavy atom. The zero-order valence-electron chi connectivity index (χ0n) is 12.1. The van der Waals surface area contributed by atoms with E-state index in [1.807, 2.05) is 30.3 Å². The smallest absolute Gasteiger partial charge is 0.159 e. The molecule has 2 heteroatoms. The van der Waals surface area contributed by atoms with Crippen LogP contribution in [0.4, 0.5) is 0 Å². The van der Waals surface area contributed by atoms with Crippen LogP contribution < -0.4 is 4.74 Å². The second kappa shape index (κ2) is 4.48. The SMILES string of the molecule is CC(=O)c1cccc(-c2ccc3c(c2)CC(C)(C)O3)c1. The Hall–Kier alpha value is -2.09. The van der Waals surface area contributed by atoms with Gasteiger partial charge in [0.1, 0.15) is 11.4 Å². The van der Waals surface area contributed by atoms with Gasteiger partial charge in [0.2, 0.25) is 0 Å². The van der Waals surface area contributed by atoms with E-state index in [1.54, 1.807) is 6.92 Å². The number of hydrogen-bond acceptors (Lipinski definition) is 2. The lowest BCUT2D eigenvalue weighted by molar-refractivity contribution is 0.101. The Kier molecular flexibility index (Phi) is 2.89. The molecule has 0 fully saturated rings. The van der Waals surface area contributed by atoms with Gasteiger partial charge >= 0.3 is 0 Å². The van der Waals surface area contributed by atoms with E-state index >= 15 is 0 Å². The molecule has 0 atom stereocenters. The first kappa shape index (κ1) is 12.9. The highest BCUT2D eigenvalue weighted by molar-refractivity contribution is 5.95. The van der Waals surface area contributed by atoms with E-state index in [2.05, 4.69) is 26.0 Å². The normalized spacial score (nSPS) is 15.6. The molecule has 102 valence electrons. The van der Waals surface area contributed by atoms with Gasteiger partial charge in [0, 0.05) is 12.0 Å². The third-order valence-corrected chi connectivity index (χ3v) is 3.67. The van der Waals surface area contributed by atoms with Gasteiger partial charge in [0.15, 0.2) is 5.78 Å². The van der Waals surface area contributed by atoms with E-state index < -0.39 is 0 Å². The van der Waals surface area contributed by atoms with Gasteiger partial charge in [0.25, 0.3) is 0 Å². The van der Waals surface area contributed by atoms with Gasteiger partial charge < -0.3 is 4.74 Å². The summed E-state index contributed by atoms with van der Waals surface area (Å²) in [5, 5.41) is 0. The molecule has 20 heavy (non-hydrogen) atoms. The summed E-state index contributed by atoms with van der Waals surface area (Å²) in [6.07, 6.45) is 0.919. The van der Waals surface area contributed by atoms with E-state index in [0.717, 1.165) is 28.9 Å². The van der Waals surface area contributed by atoms with E-state index in [4.69, 9.17) is 4.74 Å². The molecule has 0 saturated carbocycles. The number of carbonyl (C=O) groups is 1. The Labute approximate surface area is 119 Å². The molecule has 0 aromatic heterocycles. The van der Waals surface area contributed by atoms with Crippen molar-refractivity contribution >= 4 is 5.78 Å². The van der Waals surface area contributed by atoms with Crippen molar-refractivity contribution in [3.05, 3.63) is 53.6 Å². The predicted octanol–water partition coefficient (Wildman–Crippen LogP) is 4.27. The predicted molar refractivity (Wildman–Crippen MR) is 80.3 cm³/mol. The number of ketones is 1. The maximum absolute atomic E-state index is 11.5. The van der Waals surface area contributed by atoms with Crippen molar-refractivity contribution < 1.29 is 9.53 Å². The molecule has 3 rings (SSSR count). The summed E-state index contributed by atoms with van der Waals surface area (Å²) in [5.74, 6) is 1.07. The molecule has 2 nitrogen and oxygen atoms in total. The van der Waals surface area contributed by atoms with Crippen molar-refractivity contribution in [2.45, 2.75) is 32.8 Å². The molecule has 0 aliphatic carbocycles. The highest BCUT2D eigenvalue weighted by Crippen LogP contribution is 2.37. The topological polar surface area (TPSA) is 26.3 Å². The Bertz CT molecular complexity index is 684. The molecular weight excluding hydrogens is 248 g/mol. The van der Waals surface area contributed by atoms with Gasteiger partial charge in [-0.1, -0.05) is 24.3 Å². The van der Waals surface area contributed by atoms with Crippen molar-refractivity contribution in [1.29, 1.82) is 0 Å². The van der Waals surface area contributed by atoms with Crippen LogP contribution in [-0.2, 0) is 6.42 Å². The standard InChI is InChI=1S/C18H18O2/c1-12(19)13-5-4-6-14(9-13)15-7-8-17-16(10-15)11-18(2,3)20-17/h4-10H,11H2,1-3H3. The van der Waals surface area contributed by atoms with Crippen molar-refractivity contribution in [3.63, 3.8) is 0 Å². The molecule has 0 radical (unpaired) electrons. The number of ether oxygens (including phenoxy) is 1. The largest absolute Gasteiger partial charge is 0.487 e. The maximum atomic E-state index is 11.5. The van der Waals surface area contributed by atoms with Crippen molar-refractivity contribution in [2.75, 3.05) is 0 Å². The minimum absolute atomic E-state index is 0.0949. The Morgan fingerprint density at radius 1 is 1.10 bits per heavy atom. The summed E-state index contributed by atoms with van der Waals surface area (Å²) in [4.78, 5) is 11.5. The number of benzene rings is 2. The minimum Gasteiger partial charge on any atom is -0.487 e. The van der Waals surface area contributed by atoms with E-state index in [0.29, 0.717) is 0 Å². The van der Waals surface area contributed by atoms with Crippen LogP contribution in [0.5, 0.6) is 5.75 Å². The molecule has 2 aromatic carbocycles. The monoisotopic (exact) mass is 266 g/mol. The number of rotatable bonds is 2. The fraction of sp³-hybridized carbons (Fsp3) is 0.278. The summed E-state index contributed by atoms with van der Waals surface area (Å²) in [6, 6.07) is 14.0. The van der Waals surface area contributed by atoms with Crippen molar-refractivity contribution in [2.24, 2.45) is 0 Å². The first-order chi connectivity index (χ1) is 9.44. The summed E-state index contributed by atoms with van der Waals surface area (Å²) in [7, 11) is 0. The molecule has 0 unspecified atom stereocenters. The van der Waals surface area contributed by atoms with Crippen LogP contribution in [0.3, 0.4) is 0 Å². The lowest BCUT2D eigenvalue weighted by Crippen LogP contribution is -2.24. The molecule has 0 N–H and O–H groups in total. The fourth-order valence-electron chi connectivity index (χ4n) is 2.71. The third-order valence-electron chi connectivity index (χ3n) is 3.67. The first-order valence-corrected chi connectivity index (χ1v) is 6.88. The van der Waals surface area contributed by atoms with Crippen LogP contribution in [0.15, 0.2) is 42.5 Å². The second-order valence-corrected chi connectivity index (χ2v) is 6.00. The van der Waals surface area contributed by atoms with Gasteiger partial charge in [-0.3, -0.25) is 4.79 Å². The summed E-state index contributed by atoms with van der Waals surface area (Å²) >= 11 is 0. The second-order valence-electron chi connectivity index (χ2n) is 6.00. The Morgan fingerprint density at radius 2 is 1.85 bits per heavy atom.